The van der Waals surface area contributed by atoms with Gasteiger partial charge in [0.05, 0.1) is 17.0 Å². The van der Waals surface area contributed by atoms with E-state index in [1.54, 1.807) is 19.1 Å². The Labute approximate surface area is 216 Å². The molecule has 3 aromatic carbocycles. The maximum Gasteiger partial charge on any atom is 0.416 e. The van der Waals surface area contributed by atoms with Gasteiger partial charge in [0.25, 0.3) is 0 Å². The fourth-order valence-corrected chi connectivity index (χ4v) is 3.82. The van der Waals surface area contributed by atoms with E-state index in [4.69, 9.17) is 9.57 Å². The van der Waals surface area contributed by atoms with Crippen molar-refractivity contribution in [3.8, 4) is 11.4 Å². The first-order valence-corrected chi connectivity index (χ1v) is 11.7. The SMILES string of the molecule is C/C(=N\OCc1cccc(C(F)(F)F)c1)c1ccc(OCc2c(C)cccc2-n2nnn(C)c2=O)c(C)c1. The molecule has 0 aliphatic rings. The summed E-state index contributed by atoms with van der Waals surface area (Å²) in [5.41, 5.74) is 3.82. The van der Waals surface area contributed by atoms with Crippen molar-refractivity contribution in [1.29, 1.82) is 0 Å². The van der Waals surface area contributed by atoms with Crippen molar-refractivity contribution in [2.45, 2.75) is 40.2 Å². The smallest absolute Gasteiger partial charge is 0.416 e. The molecule has 0 atom stereocenters. The minimum absolute atomic E-state index is 0.0882. The van der Waals surface area contributed by atoms with E-state index in [0.717, 1.165) is 39.1 Å². The van der Waals surface area contributed by atoms with Gasteiger partial charge in [-0.25, -0.2) is 4.79 Å². The number of halogens is 3. The van der Waals surface area contributed by atoms with Crippen molar-refractivity contribution in [3.05, 3.63) is 105 Å². The van der Waals surface area contributed by atoms with E-state index in [2.05, 4.69) is 15.6 Å². The summed E-state index contributed by atoms with van der Waals surface area (Å²) in [6.45, 7) is 5.69. The van der Waals surface area contributed by atoms with Crippen molar-refractivity contribution in [1.82, 2.24) is 19.8 Å². The molecule has 8 nitrogen and oxygen atoms in total. The van der Waals surface area contributed by atoms with Crippen LogP contribution in [0.15, 0.2) is 70.6 Å². The van der Waals surface area contributed by atoms with Crippen LogP contribution in [0.2, 0.25) is 0 Å². The summed E-state index contributed by atoms with van der Waals surface area (Å²) in [7, 11) is 1.53. The van der Waals surface area contributed by atoms with Crippen molar-refractivity contribution < 1.29 is 22.7 Å². The summed E-state index contributed by atoms with van der Waals surface area (Å²) < 4.78 is 47.2. The molecular formula is C27H26F3N5O3. The Morgan fingerprint density at radius 2 is 1.74 bits per heavy atom. The molecule has 1 heterocycles. The van der Waals surface area contributed by atoms with Gasteiger partial charge in [-0.3, -0.25) is 0 Å². The zero-order valence-electron chi connectivity index (χ0n) is 21.3. The summed E-state index contributed by atoms with van der Waals surface area (Å²) in [6, 6.07) is 16.0. The quantitative estimate of drug-likeness (QED) is 0.236. The molecule has 0 aliphatic carbocycles. The molecule has 1 aromatic heterocycles. The van der Waals surface area contributed by atoms with E-state index in [1.807, 2.05) is 44.2 Å². The van der Waals surface area contributed by atoms with Crippen LogP contribution in [0.4, 0.5) is 13.2 Å². The predicted molar refractivity (Wildman–Crippen MR) is 135 cm³/mol. The molecule has 0 radical (unpaired) electrons. The minimum Gasteiger partial charge on any atom is -0.489 e. The van der Waals surface area contributed by atoms with Crippen molar-refractivity contribution in [2.75, 3.05) is 0 Å². The zero-order valence-corrected chi connectivity index (χ0v) is 21.3. The number of aromatic nitrogens is 4. The standard InChI is InChI=1S/C27H26F3N5O3/c1-17-7-5-10-24(35-26(36)34(4)32-33-35)23(17)16-37-25-12-11-21(13-18(25)2)19(3)31-38-15-20-8-6-9-22(14-20)27(28,29)30/h5-14H,15-16H2,1-4H3/b31-19+. The number of oxime groups is 1. The maximum absolute atomic E-state index is 12.9. The van der Waals surface area contributed by atoms with Gasteiger partial charge in [-0.2, -0.15) is 22.5 Å². The van der Waals surface area contributed by atoms with Crippen LogP contribution in [0, 0.1) is 13.8 Å². The molecule has 0 aliphatic heterocycles. The van der Waals surface area contributed by atoms with Gasteiger partial charge in [-0.05, 0) is 89.8 Å². The number of rotatable bonds is 8. The van der Waals surface area contributed by atoms with Gasteiger partial charge in [0.15, 0.2) is 0 Å². The summed E-state index contributed by atoms with van der Waals surface area (Å²) in [5.74, 6) is 0.645. The molecule has 0 N–H and O–H groups in total. The number of alkyl halides is 3. The van der Waals surface area contributed by atoms with Gasteiger partial charge in [0.1, 0.15) is 19.0 Å². The number of hydrogen-bond acceptors (Lipinski definition) is 6. The molecule has 4 aromatic rings. The fraction of sp³-hybridized carbons (Fsp3) is 0.259. The third kappa shape index (κ3) is 5.93. The van der Waals surface area contributed by atoms with Gasteiger partial charge in [-0.1, -0.05) is 29.4 Å². The van der Waals surface area contributed by atoms with Gasteiger partial charge in [0, 0.05) is 12.6 Å². The van der Waals surface area contributed by atoms with E-state index >= 15 is 0 Å². The van der Waals surface area contributed by atoms with Gasteiger partial charge in [-0.15, -0.1) is 0 Å². The van der Waals surface area contributed by atoms with Crippen LogP contribution in [0.1, 0.15) is 40.3 Å². The van der Waals surface area contributed by atoms with Crippen LogP contribution in [-0.4, -0.2) is 25.5 Å². The maximum atomic E-state index is 12.9. The first-order valence-electron chi connectivity index (χ1n) is 11.7. The molecule has 0 bridgehead atoms. The molecular weight excluding hydrogens is 499 g/mol. The average molecular weight is 526 g/mol. The second-order valence-corrected chi connectivity index (χ2v) is 8.79. The molecule has 0 unspecified atom stereocenters. The van der Waals surface area contributed by atoms with Crippen molar-refractivity contribution in [3.63, 3.8) is 0 Å². The Morgan fingerprint density at radius 1 is 0.974 bits per heavy atom. The number of ether oxygens (including phenoxy) is 1. The summed E-state index contributed by atoms with van der Waals surface area (Å²) in [6.07, 6.45) is -4.41. The Kier molecular flexibility index (Phi) is 7.65. The lowest BCUT2D eigenvalue weighted by molar-refractivity contribution is -0.137. The Bertz CT molecular complexity index is 1540. The van der Waals surface area contributed by atoms with E-state index in [-0.39, 0.29) is 18.9 Å². The number of benzene rings is 3. The van der Waals surface area contributed by atoms with Crippen molar-refractivity contribution >= 4 is 5.71 Å². The highest BCUT2D eigenvalue weighted by molar-refractivity contribution is 5.98. The molecule has 0 fully saturated rings. The minimum atomic E-state index is -4.41. The van der Waals surface area contributed by atoms with Gasteiger partial charge < -0.3 is 9.57 Å². The molecule has 11 heteroatoms. The van der Waals surface area contributed by atoms with Crippen molar-refractivity contribution in [2.24, 2.45) is 12.2 Å². The fourth-order valence-electron chi connectivity index (χ4n) is 3.82. The van der Waals surface area contributed by atoms with E-state index in [9.17, 15) is 18.0 Å². The van der Waals surface area contributed by atoms with Crippen LogP contribution in [0.3, 0.4) is 0 Å². The highest BCUT2D eigenvalue weighted by Crippen LogP contribution is 2.29. The Morgan fingerprint density at radius 3 is 2.42 bits per heavy atom. The second-order valence-electron chi connectivity index (χ2n) is 8.79. The molecule has 0 saturated carbocycles. The first kappa shape index (κ1) is 26.6. The second kappa shape index (κ2) is 10.9. The number of tetrazole rings is 1. The normalized spacial score (nSPS) is 12.0. The largest absolute Gasteiger partial charge is 0.489 e. The lowest BCUT2D eigenvalue weighted by Gasteiger charge is -2.15. The highest BCUT2D eigenvalue weighted by Gasteiger charge is 2.30. The molecule has 0 saturated heterocycles. The molecule has 38 heavy (non-hydrogen) atoms. The van der Waals surface area contributed by atoms with Gasteiger partial charge >= 0.3 is 11.9 Å². The van der Waals surface area contributed by atoms with Gasteiger partial charge in [0.2, 0.25) is 0 Å². The summed E-state index contributed by atoms with van der Waals surface area (Å²) in [5, 5.41) is 11.8. The Balaban J connectivity index is 1.44. The topological polar surface area (TPSA) is 83.5 Å². The monoisotopic (exact) mass is 525 g/mol. The third-order valence-corrected chi connectivity index (χ3v) is 5.99. The van der Waals surface area contributed by atoms with E-state index < -0.39 is 11.7 Å². The van der Waals surface area contributed by atoms with E-state index in [0.29, 0.717) is 22.7 Å². The number of aryl methyl sites for hydroxylation is 3. The van der Waals surface area contributed by atoms with Crippen LogP contribution in [0.5, 0.6) is 5.75 Å². The lowest BCUT2D eigenvalue weighted by atomic mass is 10.1. The van der Waals surface area contributed by atoms with Crippen LogP contribution in [-0.2, 0) is 31.3 Å². The predicted octanol–water partition coefficient (Wildman–Crippen LogP) is 5.12. The lowest BCUT2D eigenvalue weighted by Crippen LogP contribution is -2.23. The number of hydrogen-bond donors (Lipinski definition) is 0. The molecule has 198 valence electrons. The average Bonchev–Trinajstić information content (AvgIpc) is 3.21. The highest BCUT2D eigenvalue weighted by atomic mass is 19.4. The van der Waals surface area contributed by atoms with E-state index in [1.165, 1.54) is 17.8 Å². The van der Waals surface area contributed by atoms with Crippen LogP contribution in [0.25, 0.3) is 5.69 Å². The zero-order chi connectivity index (χ0) is 27.4. The third-order valence-electron chi connectivity index (χ3n) is 5.99. The Hall–Kier alpha value is -4.41. The first-order chi connectivity index (χ1) is 18.0. The van der Waals surface area contributed by atoms with Crippen LogP contribution >= 0.6 is 0 Å². The molecule has 0 spiro atoms. The summed E-state index contributed by atoms with van der Waals surface area (Å²) >= 11 is 0. The number of nitrogens with zero attached hydrogens (tertiary/aromatic N) is 5. The molecule has 4 rings (SSSR count). The summed E-state index contributed by atoms with van der Waals surface area (Å²) in [4.78, 5) is 17.7. The molecule has 0 amide bonds. The van der Waals surface area contributed by atoms with Crippen LogP contribution < -0.4 is 10.4 Å².